The first-order valence-electron chi connectivity index (χ1n) is 4.98. The molecule has 0 fully saturated rings. The van der Waals surface area contributed by atoms with Crippen molar-refractivity contribution in [3.05, 3.63) is 60.9 Å². The van der Waals surface area contributed by atoms with Gasteiger partial charge in [0.15, 0.2) is 0 Å². The predicted octanol–water partition coefficient (Wildman–Crippen LogP) is 3.54. The summed E-state index contributed by atoms with van der Waals surface area (Å²) in [6, 6.07) is 17.7. The summed E-state index contributed by atoms with van der Waals surface area (Å²) in [5.41, 5.74) is 2.12. The maximum Gasteiger partial charge on any atom is 0.0931 e. The van der Waals surface area contributed by atoms with Crippen LogP contribution < -0.4 is 0 Å². The Hall–Kier alpha value is -1.74. The second kappa shape index (κ2) is 5.37. The number of nitrogens with one attached hydrogen (secondary N) is 1. The van der Waals surface area contributed by atoms with Gasteiger partial charge in [-0.25, -0.2) is 4.98 Å². The van der Waals surface area contributed by atoms with Crippen LogP contribution in [0.5, 0.6) is 0 Å². The molecule has 0 bridgehead atoms. The molecule has 2 aromatic carbocycles. The highest BCUT2D eigenvalue weighted by molar-refractivity contribution is 7.80. The molecule has 3 heteroatoms. The third kappa shape index (κ3) is 2.87. The van der Waals surface area contributed by atoms with Crippen LogP contribution in [0.1, 0.15) is 0 Å². The largest absolute Gasteiger partial charge is 0.345 e. The summed E-state index contributed by atoms with van der Waals surface area (Å²) in [6.07, 6.45) is 1.70. The zero-order valence-electron chi connectivity index (χ0n) is 8.67. The fraction of sp³-hybridized carbons (Fsp3) is 0. The normalized spacial score (nSPS) is 9.56. The van der Waals surface area contributed by atoms with Gasteiger partial charge in [-0.1, -0.05) is 30.3 Å². The molecule has 0 spiro atoms. The summed E-state index contributed by atoms with van der Waals surface area (Å²) >= 11 is 4.08. The summed E-state index contributed by atoms with van der Waals surface area (Å²) in [7, 11) is 0. The fourth-order valence-corrected chi connectivity index (χ4v) is 1.48. The standard InChI is InChI=1S/C7H6N2.C6H6S/c1-2-4-7-6(3-1)8-5-9-7;7-6-4-2-1-3-5-6/h1-5H,(H,8,9);1-5,7H. The summed E-state index contributed by atoms with van der Waals surface area (Å²) in [5, 5.41) is 0. The van der Waals surface area contributed by atoms with E-state index in [9.17, 15) is 0 Å². The Balaban J connectivity index is 0.000000125. The first kappa shape index (κ1) is 10.8. The zero-order chi connectivity index (χ0) is 11.2. The van der Waals surface area contributed by atoms with Crippen molar-refractivity contribution in [3.8, 4) is 0 Å². The molecule has 80 valence electrons. The minimum absolute atomic E-state index is 1.02. The molecule has 0 saturated heterocycles. The van der Waals surface area contributed by atoms with E-state index in [2.05, 4.69) is 22.6 Å². The van der Waals surface area contributed by atoms with Crippen LogP contribution in [-0.4, -0.2) is 9.97 Å². The second-order valence-corrected chi connectivity index (χ2v) is 3.77. The lowest BCUT2D eigenvalue weighted by molar-refractivity contribution is 1.34. The summed E-state index contributed by atoms with van der Waals surface area (Å²) in [5.74, 6) is 0. The van der Waals surface area contributed by atoms with E-state index in [0.717, 1.165) is 15.9 Å². The molecule has 1 heterocycles. The molecule has 1 aromatic heterocycles. The van der Waals surface area contributed by atoms with Crippen LogP contribution in [0, 0.1) is 0 Å². The molecule has 0 amide bonds. The van der Waals surface area contributed by atoms with Crippen molar-refractivity contribution < 1.29 is 0 Å². The van der Waals surface area contributed by atoms with Gasteiger partial charge in [-0.3, -0.25) is 0 Å². The van der Waals surface area contributed by atoms with Crippen LogP contribution in [0.15, 0.2) is 65.8 Å². The van der Waals surface area contributed by atoms with Crippen LogP contribution in [0.4, 0.5) is 0 Å². The van der Waals surface area contributed by atoms with Gasteiger partial charge in [-0.05, 0) is 24.3 Å². The van der Waals surface area contributed by atoms with E-state index in [1.807, 2.05) is 54.6 Å². The summed E-state index contributed by atoms with van der Waals surface area (Å²) in [4.78, 5) is 8.09. The third-order valence-electron chi connectivity index (χ3n) is 2.08. The van der Waals surface area contributed by atoms with Crippen LogP contribution in [0.25, 0.3) is 11.0 Å². The number of thiol groups is 1. The topological polar surface area (TPSA) is 28.7 Å². The highest BCUT2D eigenvalue weighted by Gasteiger charge is 1.88. The van der Waals surface area contributed by atoms with E-state index in [-0.39, 0.29) is 0 Å². The average Bonchev–Trinajstić information content (AvgIpc) is 2.79. The highest BCUT2D eigenvalue weighted by atomic mass is 32.1. The van der Waals surface area contributed by atoms with Crippen molar-refractivity contribution in [2.75, 3.05) is 0 Å². The smallest absolute Gasteiger partial charge is 0.0931 e. The molecule has 0 saturated carbocycles. The van der Waals surface area contributed by atoms with E-state index in [1.165, 1.54) is 0 Å². The molecule has 0 aliphatic rings. The van der Waals surface area contributed by atoms with E-state index in [0.29, 0.717) is 0 Å². The molecular weight excluding hydrogens is 216 g/mol. The minimum atomic E-state index is 1.02. The molecule has 3 rings (SSSR count). The van der Waals surface area contributed by atoms with Crippen LogP contribution in [0.2, 0.25) is 0 Å². The number of para-hydroxylation sites is 2. The molecule has 0 aliphatic carbocycles. The molecule has 2 nitrogen and oxygen atoms in total. The van der Waals surface area contributed by atoms with Gasteiger partial charge in [0.1, 0.15) is 0 Å². The lowest BCUT2D eigenvalue weighted by Crippen LogP contribution is -1.63. The number of benzene rings is 2. The lowest BCUT2D eigenvalue weighted by Gasteiger charge is -1.81. The Labute approximate surface area is 99.8 Å². The van der Waals surface area contributed by atoms with Crippen LogP contribution in [0.3, 0.4) is 0 Å². The average molecular weight is 228 g/mol. The zero-order valence-corrected chi connectivity index (χ0v) is 9.56. The number of hydrogen-bond donors (Lipinski definition) is 2. The molecular formula is C13H12N2S. The highest BCUT2D eigenvalue weighted by Crippen LogP contribution is 2.05. The number of nitrogens with zero attached hydrogens (tertiary/aromatic N) is 1. The van der Waals surface area contributed by atoms with Gasteiger partial charge in [0.05, 0.1) is 17.4 Å². The first-order chi connectivity index (χ1) is 7.86. The molecule has 0 aliphatic heterocycles. The Morgan fingerprint density at radius 2 is 1.56 bits per heavy atom. The lowest BCUT2D eigenvalue weighted by atomic mass is 10.3. The monoisotopic (exact) mass is 228 g/mol. The molecule has 0 atom stereocenters. The van der Waals surface area contributed by atoms with Crippen molar-refractivity contribution in [1.29, 1.82) is 0 Å². The van der Waals surface area contributed by atoms with E-state index < -0.39 is 0 Å². The number of hydrogen-bond acceptors (Lipinski definition) is 2. The Bertz CT molecular complexity index is 516. The van der Waals surface area contributed by atoms with Crippen LogP contribution >= 0.6 is 12.6 Å². The molecule has 0 radical (unpaired) electrons. The maximum atomic E-state index is 4.08. The Morgan fingerprint density at radius 1 is 0.875 bits per heavy atom. The summed E-state index contributed by atoms with van der Waals surface area (Å²) in [6.45, 7) is 0. The minimum Gasteiger partial charge on any atom is -0.345 e. The van der Waals surface area contributed by atoms with Crippen molar-refractivity contribution in [2.24, 2.45) is 0 Å². The predicted molar refractivity (Wildman–Crippen MR) is 69.8 cm³/mol. The van der Waals surface area contributed by atoms with E-state index >= 15 is 0 Å². The van der Waals surface area contributed by atoms with Gasteiger partial charge in [-0.2, -0.15) is 0 Å². The number of aromatic nitrogens is 2. The fourth-order valence-electron chi connectivity index (χ4n) is 1.31. The van der Waals surface area contributed by atoms with Crippen molar-refractivity contribution in [1.82, 2.24) is 9.97 Å². The molecule has 0 unspecified atom stereocenters. The maximum absolute atomic E-state index is 4.08. The van der Waals surface area contributed by atoms with Gasteiger partial charge in [0.2, 0.25) is 0 Å². The Kier molecular flexibility index (Phi) is 3.62. The van der Waals surface area contributed by atoms with Gasteiger partial charge < -0.3 is 4.98 Å². The van der Waals surface area contributed by atoms with Gasteiger partial charge >= 0.3 is 0 Å². The van der Waals surface area contributed by atoms with Gasteiger partial charge in [0, 0.05) is 4.90 Å². The molecule has 16 heavy (non-hydrogen) atoms. The SMILES string of the molecule is Sc1ccccc1.c1ccc2[nH]cnc2c1. The van der Waals surface area contributed by atoms with Crippen molar-refractivity contribution >= 4 is 23.7 Å². The third-order valence-corrected chi connectivity index (χ3v) is 2.38. The number of imidazole rings is 1. The van der Waals surface area contributed by atoms with Gasteiger partial charge in [-0.15, -0.1) is 12.6 Å². The molecule has 1 N–H and O–H groups in total. The van der Waals surface area contributed by atoms with E-state index in [4.69, 9.17) is 0 Å². The number of rotatable bonds is 0. The second-order valence-electron chi connectivity index (χ2n) is 3.26. The molecule has 3 aromatic rings. The Morgan fingerprint density at radius 3 is 2.19 bits per heavy atom. The number of fused-ring (bicyclic) bond motifs is 1. The number of H-pyrrole nitrogens is 1. The van der Waals surface area contributed by atoms with Crippen LogP contribution in [-0.2, 0) is 0 Å². The quantitative estimate of drug-likeness (QED) is 0.566. The van der Waals surface area contributed by atoms with Gasteiger partial charge in [0.25, 0.3) is 0 Å². The number of aromatic amines is 1. The van der Waals surface area contributed by atoms with E-state index in [1.54, 1.807) is 6.33 Å². The van der Waals surface area contributed by atoms with Crippen molar-refractivity contribution in [2.45, 2.75) is 4.90 Å². The first-order valence-corrected chi connectivity index (χ1v) is 5.43. The summed E-state index contributed by atoms with van der Waals surface area (Å²) < 4.78 is 0. The van der Waals surface area contributed by atoms with Crippen molar-refractivity contribution in [3.63, 3.8) is 0 Å².